The van der Waals surface area contributed by atoms with Crippen molar-refractivity contribution in [1.29, 1.82) is 5.26 Å². The number of anilines is 1. The van der Waals surface area contributed by atoms with Crippen LogP contribution in [0.3, 0.4) is 0 Å². The van der Waals surface area contributed by atoms with Gasteiger partial charge < -0.3 is 5.73 Å². The van der Waals surface area contributed by atoms with Crippen molar-refractivity contribution in [3.05, 3.63) is 40.8 Å². The third-order valence-electron chi connectivity index (χ3n) is 2.65. The van der Waals surface area contributed by atoms with E-state index in [0.29, 0.717) is 12.1 Å². The van der Waals surface area contributed by atoms with E-state index in [1.807, 2.05) is 6.07 Å². The Morgan fingerprint density at radius 3 is 2.32 bits per heavy atom. The maximum atomic E-state index is 13.2. The van der Waals surface area contributed by atoms with E-state index in [2.05, 4.69) is 5.10 Å². The van der Waals surface area contributed by atoms with Crippen LogP contribution in [0.4, 0.5) is 19.0 Å². The summed E-state index contributed by atoms with van der Waals surface area (Å²) >= 11 is 0. The molecule has 0 aliphatic carbocycles. The summed E-state index contributed by atoms with van der Waals surface area (Å²) in [6, 6.07) is 3.41. The maximum Gasteiger partial charge on any atom is 0.194 e. The van der Waals surface area contributed by atoms with Gasteiger partial charge in [-0.05, 0) is 6.42 Å². The first-order chi connectivity index (χ1) is 8.99. The molecule has 0 spiro atoms. The number of nitrogens with zero attached hydrogens (tertiary/aromatic N) is 3. The smallest absolute Gasteiger partial charge is 0.194 e. The SMILES string of the molecule is CCc1nn(-c2cc(F)c(F)c(F)c2)c(N)c1C#N. The Morgan fingerprint density at radius 1 is 1.32 bits per heavy atom. The molecule has 0 unspecified atom stereocenters. The molecule has 1 aromatic heterocycles. The number of nitrogens with two attached hydrogens (primary N) is 1. The van der Waals surface area contributed by atoms with Crippen molar-refractivity contribution in [2.75, 3.05) is 5.73 Å². The lowest BCUT2D eigenvalue weighted by molar-refractivity contribution is 0.446. The highest BCUT2D eigenvalue weighted by atomic mass is 19.2. The second kappa shape index (κ2) is 4.65. The minimum absolute atomic E-state index is 0.0373. The topological polar surface area (TPSA) is 67.6 Å². The Bertz CT molecular complexity index is 662. The Kier molecular flexibility index (Phi) is 3.17. The Hall–Kier alpha value is -2.49. The monoisotopic (exact) mass is 266 g/mol. The van der Waals surface area contributed by atoms with E-state index >= 15 is 0 Å². The van der Waals surface area contributed by atoms with Crippen molar-refractivity contribution in [3.63, 3.8) is 0 Å². The number of aromatic nitrogens is 2. The Labute approximate surface area is 106 Å². The van der Waals surface area contributed by atoms with Gasteiger partial charge in [0, 0.05) is 12.1 Å². The summed E-state index contributed by atoms with van der Waals surface area (Å²) in [4.78, 5) is 0. The molecule has 0 fully saturated rings. The van der Waals surface area contributed by atoms with Crippen molar-refractivity contribution >= 4 is 5.82 Å². The van der Waals surface area contributed by atoms with Crippen LogP contribution in [0.5, 0.6) is 0 Å². The Balaban J connectivity index is 2.67. The number of halogens is 3. The van der Waals surface area contributed by atoms with Gasteiger partial charge in [-0.3, -0.25) is 0 Å². The van der Waals surface area contributed by atoms with Gasteiger partial charge in [-0.2, -0.15) is 10.4 Å². The van der Waals surface area contributed by atoms with E-state index in [1.54, 1.807) is 6.92 Å². The predicted molar refractivity (Wildman–Crippen MR) is 61.9 cm³/mol. The molecule has 0 atom stereocenters. The van der Waals surface area contributed by atoms with Crippen molar-refractivity contribution in [2.24, 2.45) is 0 Å². The highest BCUT2D eigenvalue weighted by Gasteiger charge is 2.18. The highest BCUT2D eigenvalue weighted by Crippen LogP contribution is 2.23. The number of hydrogen-bond acceptors (Lipinski definition) is 3. The molecular formula is C12H9F3N4. The molecule has 0 radical (unpaired) electrons. The molecule has 2 rings (SSSR count). The van der Waals surface area contributed by atoms with Crippen molar-refractivity contribution in [3.8, 4) is 11.8 Å². The van der Waals surface area contributed by atoms with Crippen molar-refractivity contribution in [2.45, 2.75) is 13.3 Å². The first-order valence-corrected chi connectivity index (χ1v) is 5.42. The lowest BCUT2D eigenvalue weighted by atomic mass is 10.2. The van der Waals surface area contributed by atoms with Crippen LogP contribution in [0.25, 0.3) is 5.69 Å². The molecule has 0 aliphatic heterocycles. The zero-order valence-corrected chi connectivity index (χ0v) is 9.91. The second-order valence-electron chi connectivity index (χ2n) is 3.81. The number of nitriles is 1. The molecule has 98 valence electrons. The van der Waals surface area contributed by atoms with Crippen LogP contribution in [0.15, 0.2) is 12.1 Å². The molecule has 0 saturated heterocycles. The average Bonchev–Trinajstić information content (AvgIpc) is 2.71. The second-order valence-corrected chi connectivity index (χ2v) is 3.81. The largest absolute Gasteiger partial charge is 0.382 e. The molecule has 2 N–H and O–H groups in total. The molecule has 0 amide bonds. The average molecular weight is 266 g/mol. The van der Waals surface area contributed by atoms with Gasteiger partial charge in [0.05, 0.1) is 11.4 Å². The molecule has 0 bridgehead atoms. The van der Waals surface area contributed by atoms with Gasteiger partial charge in [0.15, 0.2) is 17.5 Å². The molecular weight excluding hydrogens is 257 g/mol. The summed E-state index contributed by atoms with van der Waals surface area (Å²) in [6.45, 7) is 1.76. The number of nitrogen functional groups attached to an aromatic ring is 1. The summed E-state index contributed by atoms with van der Waals surface area (Å²) in [5.74, 6) is -4.29. The van der Waals surface area contributed by atoms with E-state index in [1.165, 1.54) is 0 Å². The summed E-state index contributed by atoms with van der Waals surface area (Å²) in [5.41, 5.74) is 6.17. The standard InChI is InChI=1S/C12H9F3N4/c1-2-10-7(5-16)12(17)19(18-10)6-3-8(13)11(15)9(14)4-6/h3-4H,2,17H2,1H3. The quantitative estimate of drug-likeness (QED) is 0.848. The van der Waals surface area contributed by atoms with Crippen LogP contribution in [0.1, 0.15) is 18.2 Å². The molecule has 2 aromatic rings. The summed E-state index contributed by atoms with van der Waals surface area (Å²) in [7, 11) is 0. The maximum absolute atomic E-state index is 13.2. The van der Waals surface area contributed by atoms with E-state index in [4.69, 9.17) is 11.0 Å². The van der Waals surface area contributed by atoms with Gasteiger partial charge in [-0.15, -0.1) is 0 Å². The molecule has 4 nitrogen and oxygen atoms in total. The first-order valence-electron chi connectivity index (χ1n) is 5.42. The van der Waals surface area contributed by atoms with Crippen LogP contribution in [0.2, 0.25) is 0 Å². The van der Waals surface area contributed by atoms with Gasteiger partial charge in [-0.1, -0.05) is 6.92 Å². The number of rotatable bonds is 2. The summed E-state index contributed by atoms with van der Waals surface area (Å²) in [5, 5.41) is 12.9. The fourth-order valence-electron chi connectivity index (χ4n) is 1.71. The van der Waals surface area contributed by atoms with E-state index in [9.17, 15) is 13.2 Å². The fourth-order valence-corrected chi connectivity index (χ4v) is 1.71. The fraction of sp³-hybridized carbons (Fsp3) is 0.167. The van der Waals surface area contributed by atoms with Crippen LogP contribution >= 0.6 is 0 Å². The molecule has 1 heterocycles. The molecule has 7 heteroatoms. The summed E-state index contributed by atoms with van der Waals surface area (Å²) in [6.07, 6.45) is 0.437. The minimum atomic E-state index is -1.56. The molecule has 1 aromatic carbocycles. The van der Waals surface area contributed by atoms with Gasteiger partial charge >= 0.3 is 0 Å². The summed E-state index contributed by atoms with van der Waals surface area (Å²) < 4.78 is 40.2. The predicted octanol–water partition coefficient (Wildman–Crippen LogP) is 2.31. The first kappa shape index (κ1) is 13.0. The van der Waals surface area contributed by atoms with Crippen LogP contribution in [-0.2, 0) is 6.42 Å². The van der Waals surface area contributed by atoms with Crippen LogP contribution in [-0.4, -0.2) is 9.78 Å². The number of hydrogen-bond donors (Lipinski definition) is 1. The van der Waals surface area contributed by atoms with Gasteiger partial charge in [0.1, 0.15) is 17.5 Å². The number of benzene rings is 1. The third kappa shape index (κ3) is 2.01. The minimum Gasteiger partial charge on any atom is -0.382 e. The van der Waals surface area contributed by atoms with E-state index in [0.717, 1.165) is 16.8 Å². The zero-order valence-electron chi connectivity index (χ0n) is 9.91. The normalized spacial score (nSPS) is 10.5. The van der Waals surface area contributed by atoms with E-state index in [-0.39, 0.29) is 17.1 Å². The van der Waals surface area contributed by atoms with Crippen LogP contribution in [0, 0.1) is 28.8 Å². The van der Waals surface area contributed by atoms with Crippen molar-refractivity contribution < 1.29 is 13.2 Å². The highest BCUT2D eigenvalue weighted by molar-refractivity contribution is 5.56. The van der Waals surface area contributed by atoms with Crippen molar-refractivity contribution in [1.82, 2.24) is 9.78 Å². The zero-order chi connectivity index (χ0) is 14.2. The van der Waals surface area contributed by atoms with Gasteiger partial charge in [0.25, 0.3) is 0 Å². The van der Waals surface area contributed by atoms with Gasteiger partial charge in [0.2, 0.25) is 0 Å². The third-order valence-corrected chi connectivity index (χ3v) is 2.65. The lowest BCUT2D eigenvalue weighted by Gasteiger charge is -2.05. The number of aryl methyl sites for hydroxylation is 1. The Morgan fingerprint density at radius 2 is 1.89 bits per heavy atom. The van der Waals surface area contributed by atoms with Crippen LogP contribution < -0.4 is 5.73 Å². The lowest BCUT2D eigenvalue weighted by Crippen LogP contribution is -2.05. The molecule has 0 saturated carbocycles. The molecule has 19 heavy (non-hydrogen) atoms. The van der Waals surface area contributed by atoms with Gasteiger partial charge in [-0.25, -0.2) is 17.9 Å². The molecule has 0 aliphatic rings. The van der Waals surface area contributed by atoms with E-state index < -0.39 is 17.5 Å².